The molecule has 0 atom stereocenters. The molecule has 0 aliphatic heterocycles. The molecule has 6 nitrogen and oxygen atoms in total. The van der Waals surface area contributed by atoms with Gasteiger partial charge < -0.3 is 15.4 Å². The largest absolute Gasteiger partial charge is 0.444 e. The number of hydrogen-bond donors (Lipinski definition) is 2. The minimum atomic E-state index is -0.539. The van der Waals surface area contributed by atoms with Crippen molar-refractivity contribution in [1.29, 1.82) is 0 Å². The standard InChI is InChI=1S/C13H18ClN3O3/c1-13(2,3)20-12(19)16-7-6-15-11(18)9-4-5-10(14)17-8-9/h4-5,8H,6-7H2,1-3H3,(H,15,18)(H,16,19). The fraction of sp³-hybridized carbons (Fsp3) is 0.462. The SMILES string of the molecule is CC(C)(C)OC(=O)NCCNC(=O)c1ccc(Cl)nc1. The number of nitrogens with zero attached hydrogens (tertiary/aromatic N) is 1. The van der Waals surface area contributed by atoms with Gasteiger partial charge in [-0.15, -0.1) is 0 Å². The van der Waals surface area contributed by atoms with Crippen molar-refractivity contribution in [3.8, 4) is 0 Å². The maximum atomic E-state index is 11.7. The number of alkyl carbamates (subject to hydrolysis) is 1. The van der Waals surface area contributed by atoms with Crippen molar-refractivity contribution in [2.24, 2.45) is 0 Å². The second kappa shape index (κ2) is 7.09. The topological polar surface area (TPSA) is 80.3 Å². The third-order valence-corrected chi connectivity index (χ3v) is 2.29. The van der Waals surface area contributed by atoms with Gasteiger partial charge in [0.25, 0.3) is 5.91 Å². The smallest absolute Gasteiger partial charge is 0.407 e. The van der Waals surface area contributed by atoms with E-state index >= 15 is 0 Å². The van der Waals surface area contributed by atoms with Crippen LogP contribution < -0.4 is 10.6 Å². The summed E-state index contributed by atoms with van der Waals surface area (Å²) in [6, 6.07) is 3.11. The van der Waals surface area contributed by atoms with Crippen LogP contribution in [-0.4, -0.2) is 35.7 Å². The molecule has 1 aromatic heterocycles. The van der Waals surface area contributed by atoms with Gasteiger partial charge in [0, 0.05) is 19.3 Å². The fourth-order valence-electron chi connectivity index (χ4n) is 1.27. The maximum Gasteiger partial charge on any atom is 0.407 e. The van der Waals surface area contributed by atoms with Crippen molar-refractivity contribution in [3.05, 3.63) is 29.0 Å². The molecule has 0 aromatic carbocycles. The molecule has 0 aliphatic carbocycles. The molecular weight excluding hydrogens is 282 g/mol. The van der Waals surface area contributed by atoms with E-state index in [1.165, 1.54) is 12.3 Å². The third kappa shape index (κ3) is 6.38. The molecule has 0 fully saturated rings. The van der Waals surface area contributed by atoms with Gasteiger partial charge in [-0.05, 0) is 32.9 Å². The zero-order chi connectivity index (χ0) is 15.2. The second-order valence-electron chi connectivity index (χ2n) is 5.05. The van der Waals surface area contributed by atoms with Crippen molar-refractivity contribution in [2.45, 2.75) is 26.4 Å². The van der Waals surface area contributed by atoms with Gasteiger partial charge in [-0.2, -0.15) is 0 Å². The highest BCUT2D eigenvalue weighted by atomic mass is 35.5. The highest BCUT2D eigenvalue weighted by Gasteiger charge is 2.15. The summed E-state index contributed by atoms with van der Waals surface area (Å²) in [5.41, 5.74) is -0.130. The minimum absolute atomic E-state index is 0.278. The first-order chi connectivity index (χ1) is 9.28. The maximum absolute atomic E-state index is 11.7. The predicted octanol–water partition coefficient (Wildman–Crippen LogP) is 1.99. The average Bonchev–Trinajstić information content (AvgIpc) is 2.33. The second-order valence-corrected chi connectivity index (χ2v) is 5.44. The van der Waals surface area contributed by atoms with E-state index in [0.29, 0.717) is 17.3 Å². The average molecular weight is 300 g/mol. The van der Waals surface area contributed by atoms with Crippen molar-refractivity contribution < 1.29 is 14.3 Å². The molecule has 0 bridgehead atoms. The fourth-order valence-corrected chi connectivity index (χ4v) is 1.38. The van der Waals surface area contributed by atoms with Crippen molar-refractivity contribution >= 4 is 23.6 Å². The molecule has 1 aromatic rings. The Balaban J connectivity index is 2.26. The summed E-state index contributed by atoms with van der Waals surface area (Å²) in [6.07, 6.45) is 0.874. The van der Waals surface area contributed by atoms with Crippen molar-refractivity contribution in [3.63, 3.8) is 0 Å². The highest BCUT2D eigenvalue weighted by Crippen LogP contribution is 2.06. The molecule has 110 valence electrons. The Kier molecular flexibility index (Phi) is 5.76. The Bertz CT molecular complexity index is 469. The van der Waals surface area contributed by atoms with Gasteiger partial charge >= 0.3 is 6.09 Å². The molecule has 0 saturated carbocycles. The van der Waals surface area contributed by atoms with E-state index < -0.39 is 11.7 Å². The van der Waals surface area contributed by atoms with Crippen LogP contribution in [0.25, 0.3) is 0 Å². The van der Waals surface area contributed by atoms with Gasteiger partial charge in [0.1, 0.15) is 10.8 Å². The number of amides is 2. The van der Waals surface area contributed by atoms with Crippen LogP contribution in [0.3, 0.4) is 0 Å². The highest BCUT2D eigenvalue weighted by molar-refractivity contribution is 6.29. The minimum Gasteiger partial charge on any atom is -0.444 e. The summed E-state index contributed by atoms with van der Waals surface area (Å²) in [7, 11) is 0. The van der Waals surface area contributed by atoms with Crippen LogP contribution in [0.1, 0.15) is 31.1 Å². The van der Waals surface area contributed by atoms with E-state index in [-0.39, 0.29) is 12.5 Å². The van der Waals surface area contributed by atoms with Crippen molar-refractivity contribution in [1.82, 2.24) is 15.6 Å². The van der Waals surface area contributed by atoms with E-state index in [4.69, 9.17) is 16.3 Å². The van der Waals surface area contributed by atoms with Crippen LogP contribution in [0, 0.1) is 0 Å². The van der Waals surface area contributed by atoms with Gasteiger partial charge in [-0.1, -0.05) is 11.6 Å². The Morgan fingerprint density at radius 1 is 1.25 bits per heavy atom. The van der Waals surface area contributed by atoms with Crippen LogP contribution in [0.5, 0.6) is 0 Å². The normalized spacial score (nSPS) is 10.8. The Hall–Kier alpha value is -1.82. The van der Waals surface area contributed by atoms with E-state index in [2.05, 4.69) is 15.6 Å². The number of ether oxygens (including phenoxy) is 1. The molecule has 2 amide bonds. The first-order valence-corrected chi connectivity index (χ1v) is 6.52. The molecular formula is C13H18ClN3O3. The number of aromatic nitrogens is 1. The van der Waals surface area contributed by atoms with Crippen LogP contribution in [-0.2, 0) is 4.74 Å². The Morgan fingerprint density at radius 2 is 1.90 bits per heavy atom. The summed E-state index contributed by atoms with van der Waals surface area (Å²) >= 11 is 5.63. The monoisotopic (exact) mass is 299 g/mol. The number of halogens is 1. The number of hydrogen-bond acceptors (Lipinski definition) is 4. The van der Waals surface area contributed by atoms with Crippen LogP contribution in [0.2, 0.25) is 5.15 Å². The molecule has 0 saturated heterocycles. The summed E-state index contributed by atoms with van der Waals surface area (Å²) < 4.78 is 5.06. The number of rotatable bonds is 4. The summed E-state index contributed by atoms with van der Waals surface area (Å²) in [6.45, 7) is 5.91. The molecule has 0 unspecified atom stereocenters. The number of nitrogens with one attached hydrogen (secondary N) is 2. The van der Waals surface area contributed by atoms with E-state index in [1.807, 2.05) is 0 Å². The molecule has 0 radical (unpaired) electrons. The molecule has 0 spiro atoms. The molecule has 20 heavy (non-hydrogen) atoms. The number of carbonyl (C=O) groups is 2. The van der Waals surface area contributed by atoms with Gasteiger partial charge in [0.05, 0.1) is 5.56 Å². The zero-order valence-corrected chi connectivity index (χ0v) is 12.5. The van der Waals surface area contributed by atoms with Gasteiger partial charge in [-0.3, -0.25) is 4.79 Å². The van der Waals surface area contributed by atoms with E-state index in [9.17, 15) is 9.59 Å². The zero-order valence-electron chi connectivity index (χ0n) is 11.7. The van der Waals surface area contributed by atoms with Crippen LogP contribution in [0.4, 0.5) is 4.79 Å². The summed E-state index contributed by atoms with van der Waals surface area (Å²) in [5.74, 6) is -0.278. The number of pyridine rings is 1. The Labute approximate surface area is 122 Å². The number of carbonyl (C=O) groups excluding carboxylic acids is 2. The first kappa shape index (κ1) is 16.2. The lowest BCUT2D eigenvalue weighted by molar-refractivity contribution is 0.0526. The lowest BCUT2D eigenvalue weighted by Crippen LogP contribution is -2.37. The van der Waals surface area contributed by atoms with Gasteiger partial charge in [0.15, 0.2) is 0 Å². The predicted molar refractivity (Wildman–Crippen MR) is 75.8 cm³/mol. The van der Waals surface area contributed by atoms with Crippen LogP contribution >= 0.6 is 11.6 Å². The quantitative estimate of drug-likeness (QED) is 0.658. The van der Waals surface area contributed by atoms with Crippen molar-refractivity contribution in [2.75, 3.05) is 13.1 Å². The summed E-state index contributed by atoms with van der Waals surface area (Å²) in [4.78, 5) is 26.8. The molecule has 0 aliphatic rings. The third-order valence-electron chi connectivity index (χ3n) is 2.07. The molecule has 1 rings (SSSR count). The lowest BCUT2D eigenvalue weighted by atomic mass is 10.2. The molecule has 1 heterocycles. The lowest BCUT2D eigenvalue weighted by Gasteiger charge is -2.19. The molecule has 7 heteroatoms. The van der Waals surface area contributed by atoms with Crippen LogP contribution in [0.15, 0.2) is 18.3 Å². The van der Waals surface area contributed by atoms with Gasteiger partial charge in [-0.25, -0.2) is 9.78 Å². The summed E-state index contributed by atoms with van der Waals surface area (Å²) in [5, 5.41) is 5.51. The van der Waals surface area contributed by atoms with E-state index in [0.717, 1.165) is 0 Å². The van der Waals surface area contributed by atoms with E-state index in [1.54, 1.807) is 26.8 Å². The Morgan fingerprint density at radius 3 is 2.45 bits per heavy atom. The molecule has 2 N–H and O–H groups in total. The van der Waals surface area contributed by atoms with Gasteiger partial charge in [0.2, 0.25) is 0 Å². The first-order valence-electron chi connectivity index (χ1n) is 6.14.